The summed E-state index contributed by atoms with van der Waals surface area (Å²) in [7, 11) is 1.74. The fourth-order valence-corrected chi connectivity index (χ4v) is 1.22. The Hall–Kier alpha value is -1.16. The van der Waals surface area contributed by atoms with Crippen LogP contribution in [0.15, 0.2) is 18.2 Å². The summed E-state index contributed by atoms with van der Waals surface area (Å²) in [6.07, 6.45) is 0. The van der Waals surface area contributed by atoms with Crippen LogP contribution in [-0.4, -0.2) is 19.1 Å². The molecule has 0 unspecified atom stereocenters. The lowest BCUT2D eigenvalue weighted by Crippen LogP contribution is -2.47. The Morgan fingerprint density at radius 1 is 1.33 bits per heavy atom. The fraction of sp³-hybridized carbons (Fsp3) is 0.455. The van der Waals surface area contributed by atoms with Crippen molar-refractivity contribution in [3.8, 4) is 0 Å². The average molecular weight is 214 g/mol. The normalized spacial score (nSPS) is 11.6. The Morgan fingerprint density at radius 2 is 1.93 bits per heavy atom. The quantitative estimate of drug-likeness (QED) is 0.835. The third-order valence-corrected chi connectivity index (χ3v) is 2.68. The minimum Gasteiger partial charge on any atom is -0.366 e. The molecule has 1 aromatic carbocycles. The van der Waals surface area contributed by atoms with Gasteiger partial charge in [-0.15, -0.1) is 0 Å². The maximum atomic E-state index is 13.4. The van der Waals surface area contributed by atoms with E-state index in [0.717, 1.165) is 6.07 Å². The van der Waals surface area contributed by atoms with E-state index < -0.39 is 11.6 Å². The van der Waals surface area contributed by atoms with Crippen molar-refractivity contribution in [2.24, 2.45) is 5.73 Å². The van der Waals surface area contributed by atoms with Crippen molar-refractivity contribution in [2.75, 3.05) is 18.5 Å². The number of halogens is 2. The second-order valence-electron chi connectivity index (χ2n) is 4.17. The number of hydrogen-bond donors (Lipinski definition) is 1. The van der Waals surface area contributed by atoms with Crippen molar-refractivity contribution in [3.05, 3.63) is 29.8 Å². The van der Waals surface area contributed by atoms with Crippen molar-refractivity contribution in [1.82, 2.24) is 0 Å². The fourth-order valence-electron chi connectivity index (χ4n) is 1.22. The van der Waals surface area contributed by atoms with Gasteiger partial charge >= 0.3 is 0 Å². The first-order chi connectivity index (χ1) is 6.88. The van der Waals surface area contributed by atoms with Crippen LogP contribution in [0.5, 0.6) is 0 Å². The molecule has 0 aromatic heterocycles. The van der Waals surface area contributed by atoms with Crippen LogP contribution in [0.3, 0.4) is 0 Å². The number of nitrogens with two attached hydrogens (primary N) is 1. The van der Waals surface area contributed by atoms with Crippen LogP contribution in [-0.2, 0) is 0 Å². The van der Waals surface area contributed by atoms with Gasteiger partial charge in [0.2, 0.25) is 0 Å². The van der Waals surface area contributed by atoms with Gasteiger partial charge in [-0.2, -0.15) is 0 Å². The van der Waals surface area contributed by atoms with E-state index in [9.17, 15) is 8.78 Å². The Labute approximate surface area is 88.7 Å². The maximum absolute atomic E-state index is 13.4. The van der Waals surface area contributed by atoms with E-state index in [1.807, 2.05) is 13.8 Å². The Balaban J connectivity index is 3.06. The molecule has 0 aliphatic carbocycles. The van der Waals surface area contributed by atoms with Gasteiger partial charge in [0.25, 0.3) is 0 Å². The van der Waals surface area contributed by atoms with Crippen LogP contribution in [0.4, 0.5) is 14.5 Å². The predicted octanol–water partition coefficient (Wildman–Crippen LogP) is 2.14. The molecular weight excluding hydrogens is 198 g/mol. The summed E-state index contributed by atoms with van der Waals surface area (Å²) in [5.41, 5.74) is 5.58. The Kier molecular flexibility index (Phi) is 3.29. The van der Waals surface area contributed by atoms with Gasteiger partial charge in [-0.1, -0.05) is 0 Å². The monoisotopic (exact) mass is 214 g/mol. The van der Waals surface area contributed by atoms with Crippen LogP contribution in [0, 0.1) is 11.6 Å². The number of benzene rings is 1. The van der Waals surface area contributed by atoms with E-state index in [-0.39, 0.29) is 5.54 Å². The zero-order chi connectivity index (χ0) is 11.6. The summed E-state index contributed by atoms with van der Waals surface area (Å²) in [5, 5.41) is 0. The maximum Gasteiger partial charge on any atom is 0.149 e. The lowest BCUT2D eigenvalue weighted by atomic mass is 10.0. The molecule has 1 aromatic rings. The highest BCUT2D eigenvalue weighted by molar-refractivity contribution is 5.49. The van der Waals surface area contributed by atoms with Crippen LogP contribution in [0.25, 0.3) is 0 Å². The van der Waals surface area contributed by atoms with E-state index >= 15 is 0 Å². The highest BCUT2D eigenvalue weighted by atomic mass is 19.1. The molecule has 0 fully saturated rings. The van der Waals surface area contributed by atoms with Crippen LogP contribution < -0.4 is 10.6 Å². The number of rotatable bonds is 3. The summed E-state index contributed by atoms with van der Waals surface area (Å²) >= 11 is 0. The SMILES string of the molecule is CN(c1ccc(F)cc1F)C(C)(C)CN. The third kappa shape index (κ3) is 2.45. The Bertz CT molecular complexity index is 350. The second kappa shape index (κ2) is 4.14. The summed E-state index contributed by atoms with van der Waals surface area (Å²) in [4.78, 5) is 1.71. The standard InChI is InChI=1S/C11H16F2N2/c1-11(2,7-14)15(3)10-5-4-8(12)6-9(10)13/h4-6H,7,14H2,1-3H3. The molecular formula is C11H16F2N2. The van der Waals surface area contributed by atoms with E-state index in [2.05, 4.69) is 0 Å². The minimum atomic E-state index is -0.574. The minimum absolute atomic E-state index is 0.354. The molecule has 15 heavy (non-hydrogen) atoms. The highest BCUT2D eigenvalue weighted by Crippen LogP contribution is 2.24. The van der Waals surface area contributed by atoms with Crippen molar-refractivity contribution >= 4 is 5.69 Å². The first-order valence-electron chi connectivity index (χ1n) is 4.77. The molecule has 0 heterocycles. The van der Waals surface area contributed by atoms with Crippen molar-refractivity contribution in [1.29, 1.82) is 0 Å². The smallest absolute Gasteiger partial charge is 0.149 e. The number of likely N-dealkylation sites (N-methyl/N-ethyl adjacent to an activating group) is 1. The van der Waals surface area contributed by atoms with Gasteiger partial charge in [0.15, 0.2) is 0 Å². The van der Waals surface area contributed by atoms with Gasteiger partial charge in [0.05, 0.1) is 5.69 Å². The molecule has 4 heteroatoms. The number of nitrogens with zero attached hydrogens (tertiary/aromatic N) is 1. The molecule has 0 spiro atoms. The largest absolute Gasteiger partial charge is 0.366 e. The molecule has 2 N–H and O–H groups in total. The van der Waals surface area contributed by atoms with Gasteiger partial charge in [0.1, 0.15) is 11.6 Å². The van der Waals surface area contributed by atoms with E-state index in [4.69, 9.17) is 5.73 Å². The topological polar surface area (TPSA) is 29.3 Å². The zero-order valence-electron chi connectivity index (χ0n) is 9.22. The van der Waals surface area contributed by atoms with Gasteiger partial charge in [-0.3, -0.25) is 0 Å². The number of anilines is 1. The summed E-state index contributed by atoms with van der Waals surface area (Å²) in [5.74, 6) is -1.14. The lowest BCUT2D eigenvalue weighted by Gasteiger charge is -2.36. The van der Waals surface area contributed by atoms with Gasteiger partial charge in [-0.05, 0) is 26.0 Å². The Morgan fingerprint density at radius 3 is 2.40 bits per heavy atom. The molecule has 2 nitrogen and oxygen atoms in total. The molecule has 0 aliphatic rings. The zero-order valence-corrected chi connectivity index (χ0v) is 9.22. The molecule has 0 saturated heterocycles. The summed E-state index contributed by atoms with van der Waals surface area (Å²) in [6, 6.07) is 3.53. The van der Waals surface area contributed by atoms with E-state index in [0.29, 0.717) is 12.2 Å². The molecule has 84 valence electrons. The average Bonchev–Trinajstić information content (AvgIpc) is 2.17. The number of hydrogen-bond acceptors (Lipinski definition) is 2. The molecule has 0 aliphatic heterocycles. The predicted molar refractivity (Wildman–Crippen MR) is 57.9 cm³/mol. The third-order valence-electron chi connectivity index (χ3n) is 2.68. The molecule has 1 rings (SSSR count). The molecule has 0 saturated carbocycles. The van der Waals surface area contributed by atoms with E-state index in [1.165, 1.54) is 12.1 Å². The summed E-state index contributed by atoms with van der Waals surface area (Å²) in [6.45, 7) is 4.19. The first kappa shape index (κ1) is 11.9. The highest BCUT2D eigenvalue weighted by Gasteiger charge is 2.24. The lowest BCUT2D eigenvalue weighted by molar-refractivity contribution is 0.486. The molecule has 0 amide bonds. The molecule has 0 bridgehead atoms. The molecule has 0 atom stereocenters. The van der Waals surface area contributed by atoms with Gasteiger partial charge in [0, 0.05) is 25.2 Å². The van der Waals surface area contributed by atoms with Crippen LogP contribution in [0.2, 0.25) is 0 Å². The second-order valence-corrected chi connectivity index (χ2v) is 4.17. The van der Waals surface area contributed by atoms with Crippen molar-refractivity contribution in [2.45, 2.75) is 19.4 Å². The van der Waals surface area contributed by atoms with Crippen LogP contribution in [0.1, 0.15) is 13.8 Å². The van der Waals surface area contributed by atoms with Gasteiger partial charge in [-0.25, -0.2) is 8.78 Å². The van der Waals surface area contributed by atoms with Crippen molar-refractivity contribution in [3.63, 3.8) is 0 Å². The van der Waals surface area contributed by atoms with Crippen molar-refractivity contribution < 1.29 is 8.78 Å². The molecule has 0 radical (unpaired) electrons. The first-order valence-corrected chi connectivity index (χ1v) is 4.77. The van der Waals surface area contributed by atoms with Gasteiger partial charge < -0.3 is 10.6 Å². The van der Waals surface area contributed by atoms with Crippen LogP contribution >= 0.6 is 0 Å². The summed E-state index contributed by atoms with van der Waals surface area (Å²) < 4.78 is 26.2. The van der Waals surface area contributed by atoms with E-state index in [1.54, 1.807) is 11.9 Å².